The predicted octanol–water partition coefficient (Wildman–Crippen LogP) is 5.91. The Labute approximate surface area is 150 Å². The zero-order chi connectivity index (χ0) is 18.9. The van der Waals surface area contributed by atoms with Crippen LogP contribution in [0.15, 0.2) is 0 Å². The Morgan fingerprint density at radius 2 is 1.80 bits per heavy atom. The summed E-state index contributed by atoms with van der Waals surface area (Å²) in [6, 6.07) is 0. The van der Waals surface area contributed by atoms with E-state index >= 15 is 0 Å². The van der Waals surface area contributed by atoms with Crippen LogP contribution in [0, 0.1) is 11.8 Å². The molecule has 3 atom stereocenters. The number of rotatable bonds is 8. The van der Waals surface area contributed by atoms with Crippen LogP contribution in [-0.4, -0.2) is 36.9 Å². The van der Waals surface area contributed by atoms with Crippen LogP contribution >= 0.6 is 0 Å². The number of hydrogen-bond donors (Lipinski definition) is 0. The highest BCUT2D eigenvalue weighted by atomic mass is 19.5. The van der Waals surface area contributed by atoms with Gasteiger partial charge in [0.05, 0.1) is 12.5 Å². The van der Waals surface area contributed by atoms with Gasteiger partial charge in [-0.3, -0.25) is 0 Å². The minimum absolute atomic E-state index is 0.0621. The number of hydrogen-bond acceptors (Lipinski definition) is 1. The first-order valence-electron chi connectivity index (χ1n) is 9.89. The fourth-order valence-corrected chi connectivity index (χ4v) is 4.30. The lowest BCUT2D eigenvalue weighted by Crippen LogP contribution is -2.52. The van der Waals surface area contributed by atoms with E-state index in [2.05, 4.69) is 31.6 Å². The molecule has 7 heteroatoms. The summed E-state index contributed by atoms with van der Waals surface area (Å²) in [5, 5.41) is 0. The van der Waals surface area contributed by atoms with Gasteiger partial charge in [-0.05, 0) is 26.2 Å². The normalized spacial score (nSPS) is 28.8. The van der Waals surface area contributed by atoms with E-state index in [1.54, 1.807) is 0 Å². The van der Waals surface area contributed by atoms with E-state index in [0.29, 0.717) is 0 Å². The van der Waals surface area contributed by atoms with Crippen molar-refractivity contribution in [2.75, 3.05) is 13.2 Å². The molecule has 0 N–H and O–H groups in total. The van der Waals surface area contributed by atoms with Crippen molar-refractivity contribution in [1.29, 1.82) is 0 Å². The molecule has 0 aromatic carbocycles. The van der Waals surface area contributed by atoms with Crippen LogP contribution in [0.25, 0.3) is 0 Å². The second-order valence-corrected chi connectivity index (χ2v) is 7.17. The Kier molecular flexibility index (Phi) is 9.46. The average Bonchev–Trinajstić information content (AvgIpc) is 2.93. The molecule has 1 fully saturated rings. The lowest BCUT2D eigenvalue weighted by atomic mass is 9.78. The summed E-state index contributed by atoms with van der Waals surface area (Å²) in [6.07, 6.45) is 14.5. The van der Waals surface area contributed by atoms with Gasteiger partial charge < -0.3 is 22.0 Å². The van der Waals surface area contributed by atoms with Crippen LogP contribution in [0.3, 0.4) is 0 Å². The highest BCUT2D eigenvalue weighted by molar-refractivity contribution is 6.50. The van der Waals surface area contributed by atoms with Gasteiger partial charge in [-0.1, -0.05) is 39.5 Å². The molecule has 148 valence electrons. The third-order valence-corrected chi connectivity index (χ3v) is 5.36. The number of nitrogens with zero attached hydrogens (tertiary/aromatic N) is 1. The molecule has 0 aromatic heterocycles. The maximum absolute atomic E-state index is 9.75. The van der Waals surface area contributed by atoms with E-state index in [4.69, 9.17) is 4.74 Å². The summed E-state index contributed by atoms with van der Waals surface area (Å²) in [5.74, 6) is 1.52. The lowest BCUT2D eigenvalue weighted by molar-refractivity contribution is -0.656. The molecule has 0 spiro atoms. The monoisotopic (exact) mass is 367 g/mol. The molecular formula is C18H34BF4NO. The molecule has 3 unspecified atom stereocenters. The number of fused-ring (bicyclic) bond motifs is 1. The summed E-state index contributed by atoms with van der Waals surface area (Å²) in [5.41, 5.74) is 0.0621. The van der Waals surface area contributed by atoms with Gasteiger partial charge >= 0.3 is 7.25 Å². The zero-order valence-corrected chi connectivity index (χ0v) is 16.0. The highest BCUT2D eigenvalue weighted by Gasteiger charge is 2.55. The van der Waals surface area contributed by atoms with E-state index in [0.717, 1.165) is 18.4 Å². The van der Waals surface area contributed by atoms with Crippen molar-refractivity contribution in [3.05, 3.63) is 0 Å². The van der Waals surface area contributed by atoms with E-state index in [1.807, 2.05) is 0 Å². The number of ether oxygens (including phenoxy) is 1. The van der Waals surface area contributed by atoms with Crippen LogP contribution in [0.2, 0.25) is 0 Å². The fourth-order valence-electron chi connectivity index (χ4n) is 4.30. The maximum atomic E-state index is 9.75. The summed E-state index contributed by atoms with van der Waals surface area (Å²) in [6.45, 7) is 8.85. The first-order valence-corrected chi connectivity index (χ1v) is 9.89. The molecule has 0 radical (unpaired) electrons. The second kappa shape index (κ2) is 10.5. The van der Waals surface area contributed by atoms with Crippen molar-refractivity contribution in [3.63, 3.8) is 0 Å². The third kappa shape index (κ3) is 7.28. The minimum atomic E-state index is -6.00. The van der Waals surface area contributed by atoms with Crippen molar-refractivity contribution in [2.24, 2.45) is 11.8 Å². The number of halogens is 4. The van der Waals surface area contributed by atoms with Crippen molar-refractivity contribution < 1.29 is 26.6 Å². The minimum Gasteiger partial charge on any atom is -0.418 e. The Hall–Kier alpha value is -0.585. The first-order chi connectivity index (χ1) is 11.8. The smallest absolute Gasteiger partial charge is 0.418 e. The van der Waals surface area contributed by atoms with E-state index < -0.39 is 7.25 Å². The molecule has 2 aliphatic rings. The Bertz CT molecular complexity index is 410. The lowest BCUT2D eigenvalue weighted by Gasteiger charge is -2.38. The molecule has 0 aliphatic carbocycles. The number of unbranched alkanes of at least 4 members (excludes halogenated alkanes) is 3. The Morgan fingerprint density at radius 3 is 2.36 bits per heavy atom. The molecule has 25 heavy (non-hydrogen) atoms. The molecule has 1 saturated heterocycles. The molecule has 0 bridgehead atoms. The van der Waals surface area contributed by atoms with Gasteiger partial charge in [0, 0.05) is 18.8 Å². The van der Waals surface area contributed by atoms with Gasteiger partial charge in [-0.2, -0.15) is 0 Å². The third-order valence-electron chi connectivity index (χ3n) is 5.36. The standard InChI is InChI=1S/C18H34NO.BF4/c1-4-7-8-9-11-17-14-16(5-2)15-19-13-10-12-18(17,19)20-6-3;2-1(3,4)5/h15-17H,4-14H2,1-3H3;/q+1;-1. The van der Waals surface area contributed by atoms with Crippen LogP contribution in [-0.2, 0) is 4.74 Å². The first kappa shape index (κ1) is 22.5. The van der Waals surface area contributed by atoms with Crippen LogP contribution in [0.4, 0.5) is 17.3 Å². The fraction of sp³-hybridized carbons (Fsp3) is 0.944. The van der Waals surface area contributed by atoms with E-state index in [-0.39, 0.29) is 5.72 Å². The van der Waals surface area contributed by atoms with Crippen molar-refractivity contribution in [2.45, 2.75) is 84.3 Å². The topological polar surface area (TPSA) is 12.2 Å². The van der Waals surface area contributed by atoms with Crippen LogP contribution < -0.4 is 0 Å². The molecule has 0 saturated carbocycles. The maximum Gasteiger partial charge on any atom is 0.673 e. The van der Waals surface area contributed by atoms with Crippen molar-refractivity contribution in [3.8, 4) is 0 Å². The highest BCUT2D eigenvalue weighted by Crippen LogP contribution is 2.43. The van der Waals surface area contributed by atoms with Crippen LogP contribution in [0.1, 0.15) is 78.6 Å². The largest absolute Gasteiger partial charge is 0.673 e. The van der Waals surface area contributed by atoms with Gasteiger partial charge in [-0.25, -0.2) is 4.58 Å². The summed E-state index contributed by atoms with van der Waals surface area (Å²) in [7, 11) is -6.00. The van der Waals surface area contributed by atoms with Gasteiger partial charge in [0.2, 0.25) is 0 Å². The zero-order valence-electron chi connectivity index (χ0n) is 16.0. The molecule has 2 nitrogen and oxygen atoms in total. The van der Waals surface area contributed by atoms with E-state index in [1.165, 1.54) is 64.3 Å². The van der Waals surface area contributed by atoms with Gasteiger partial charge in [0.1, 0.15) is 12.8 Å². The summed E-state index contributed by atoms with van der Waals surface area (Å²) >= 11 is 0. The predicted molar refractivity (Wildman–Crippen MR) is 95.6 cm³/mol. The van der Waals surface area contributed by atoms with Gasteiger partial charge in [0.25, 0.3) is 5.72 Å². The second-order valence-electron chi connectivity index (χ2n) is 7.17. The molecule has 0 aromatic rings. The molecule has 2 aliphatic heterocycles. The quantitative estimate of drug-likeness (QED) is 0.225. The molecule has 2 heterocycles. The SMILES string of the molecule is CCCCCCC1CC(CC)C=[N+]2CCCC12OCC.F[B-](F)(F)F. The van der Waals surface area contributed by atoms with Gasteiger partial charge in [-0.15, -0.1) is 0 Å². The van der Waals surface area contributed by atoms with Crippen LogP contribution in [0.5, 0.6) is 0 Å². The van der Waals surface area contributed by atoms with Gasteiger partial charge in [0.15, 0.2) is 0 Å². The summed E-state index contributed by atoms with van der Waals surface area (Å²) in [4.78, 5) is 0. The Balaban J connectivity index is 0.000000550. The molecule has 2 rings (SSSR count). The molecule has 0 amide bonds. The summed E-state index contributed by atoms with van der Waals surface area (Å²) < 4.78 is 47.9. The van der Waals surface area contributed by atoms with Crippen molar-refractivity contribution >= 4 is 13.5 Å². The molecular weight excluding hydrogens is 333 g/mol. The average molecular weight is 367 g/mol. The Morgan fingerprint density at radius 1 is 1.12 bits per heavy atom. The van der Waals surface area contributed by atoms with E-state index in [9.17, 15) is 17.3 Å². The van der Waals surface area contributed by atoms with Crippen molar-refractivity contribution in [1.82, 2.24) is 0 Å².